The van der Waals surface area contributed by atoms with Crippen LogP contribution in [-0.2, 0) is 16.1 Å². The van der Waals surface area contributed by atoms with Crippen LogP contribution in [0.15, 0.2) is 54.7 Å². The topological polar surface area (TPSA) is 95.4 Å². The van der Waals surface area contributed by atoms with Gasteiger partial charge in [-0.3, -0.25) is 9.59 Å². The number of amides is 2. The Bertz CT molecular complexity index is 1330. The van der Waals surface area contributed by atoms with Gasteiger partial charge in [-0.1, -0.05) is 61.5 Å². The molecular formula is C29H35F2N7O2. The molecule has 2 aromatic carbocycles. The number of nitrogens with zero attached hydrogens (tertiary/aromatic N) is 5. The average Bonchev–Trinajstić information content (AvgIpc) is 3.59. The highest BCUT2D eigenvalue weighted by atomic mass is 19.1. The third-order valence-electron chi connectivity index (χ3n) is 7.54. The second kappa shape index (κ2) is 12.1. The molecule has 1 aromatic heterocycles. The molecule has 0 spiro atoms. The quantitative estimate of drug-likeness (QED) is 0.447. The summed E-state index contributed by atoms with van der Waals surface area (Å²) in [6, 6.07) is 12.5. The molecule has 2 aliphatic rings. The number of carbonyl (C=O) groups is 2. The molecule has 2 saturated heterocycles. The van der Waals surface area contributed by atoms with Gasteiger partial charge < -0.3 is 20.4 Å². The van der Waals surface area contributed by atoms with Gasteiger partial charge in [0.25, 0.3) is 0 Å². The van der Waals surface area contributed by atoms with E-state index in [9.17, 15) is 18.4 Å². The van der Waals surface area contributed by atoms with Gasteiger partial charge in [0, 0.05) is 32.6 Å². The smallest absolute Gasteiger partial charge is 0.245 e. The van der Waals surface area contributed by atoms with Crippen LogP contribution in [0, 0.1) is 5.82 Å². The molecule has 0 radical (unpaired) electrons. The monoisotopic (exact) mass is 551 g/mol. The number of halogens is 2. The van der Waals surface area contributed by atoms with E-state index in [1.807, 2.05) is 44.2 Å². The standard InChI is InChI=1S/C29H35F2N7O2/c1-19(2)23-9-8-21(14-24(23)31)28(20-6-4-3-5-7-20)33-29(40)25-15-22(30)16-38(25)27(39)18-37-17-26(34-35-37)36-12-10-32-11-13-36/h3-9,14,17,19,22,25,28,32H,10-13,15-16,18H2,1-2H3,(H,33,40). The predicted molar refractivity (Wildman–Crippen MR) is 147 cm³/mol. The fraction of sp³-hybridized carbons (Fsp3) is 0.448. The van der Waals surface area contributed by atoms with E-state index in [1.165, 1.54) is 15.6 Å². The Kier molecular flexibility index (Phi) is 8.39. The van der Waals surface area contributed by atoms with Gasteiger partial charge in [-0.05, 0) is 28.7 Å². The summed E-state index contributed by atoms with van der Waals surface area (Å²) in [5, 5.41) is 14.5. The Morgan fingerprint density at radius 2 is 1.85 bits per heavy atom. The third-order valence-corrected chi connectivity index (χ3v) is 7.54. The Labute approximate surface area is 232 Å². The molecule has 3 aromatic rings. The van der Waals surface area contributed by atoms with E-state index in [-0.39, 0.29) is 31.2 Å². The Morgan fingerprint density at radius 1 is 1.10 bits per heavy atom. The van der Waals surface area contributed by atoms with Crippen LogP contribution >= 0.6 is 0 Å². The van der Waals surface area contributed by atoms with Crippen molar-refractivity contribution in [1.82, 2.24) is 30.5 Å². The second-order valence-electron chi connectivity index (χ2n) is 10.7. The number of anilines is 1. The molecule has 0 aliphatic carbocycles. The van der Waals surface area contributed by atoms with E-state index < -0.39 is 30.1 Å². The molecule has 2 fully saturated rings. The number of carbonyl (C=O) groups excluding carboxylic acids is 2. The predicted octanol–water partition coefficient (Wildman–Crippen LogP) is 2.80. The molecule has 11 heteroatoms. The highest BCUT2D eigenvalue weighted by Gasteiger charge is 2.40. The van der Waals surface area contributed by atoms with Gasteiger partial charge in [-0.15, -0.1) is 5.10 Å². The SMILES string of the molecule is CC(C)c1ccc(C(NC(=O)C2CC(F)CN2C(=O)Cn2cc(N3CCNCC3)nn2)c2ccccc2)cc1F. The van der Waals surface area contributed by atoms with E-state index in [0.717, 1.165) is 31.7 Å². The highest BCUT2D eigenvalue weighted by Crippen LogP contribution is 2.28. The first-order valence-electron chi connectivity index (χ1n) is 13.7. The maximum Gasteiger partial charge on any atom is 0.245 e. The highest BCUT2D eigenvalue weighted by molar-refractivity contribution is 5.89. The first kappa shape index (κ1) is 27.7. The number of aromatic nitrogens is 3. The van der Waals surface area contributed by atoms with Crippen molar-refractivity contribution in [2.45, 2.75) is 51.0 Å². The molecule has 3 heterocycles. The summed E-state index contributed by atoms with van der Waals surface area (Å²) >= 11 is 0. The van der Waals surface area contributed by atoms with Crippen molar-refractivity contribution in [1.29, 1.82) is 0 Å². The maximum atomic E-state index is 14.9. The normalized spacial score (nSPS) is 20.1. The van der Waals surface area contributed by atoms with E-state index in [4.69, 9.17) is 0 Å². The molecule has 2 amide bonds. The third kappa shape index (κ3) is 6.14. The van der Waals surface area contributed by atoms with Crippen molar-refractivity contribution < 1.29 is 18.4 Å². The van der Waals surface area contributed by atoms with Crippen molar-refractivity contribution in [3.63, 3.8) is 0 Å². The van der Waals surface area contributed by atoms with Crippen molar-refractivity contribution in [3.05, 3.63) is 77.2 Å². The van der Waals surface area contributed by atoms with Crippen LogP contribution in [0.5, 0.6) is 0 Å². The van der Waals surface area contributed by atoms with E-state index in [0.29, 0.717) is 16.9 Å². The minimum atomic E-state index is -1.33. The van der Waals surface area contributed by atoms with Crippen LogP contribution in [0.1, 0.15) is 48.9 Å². The summed E-state index contributed by atoms with van der Waals surface area (Å²) in [6.45, 7) is 6.76. The van der Waals surface area contributed by atoms with E-state index in [1.54, 1.807) is 18.3 Å². The number of likely N-dealkylation sites (tertiary alicyclic amines) is 1. The largest absolute Gasteiger partial charge is 0.351 e. The Morgan fingerprint density at radius 3 is 2.55 bits per heavy atom. The van der Waals surface area contributed by atoms with Crippen molar-refractivity contribution in [2.24, 2.45) is 0 Å². The number of hydrogen-bond acceptors (Lipinski definition) is 6. The van der Waals surface area contributed by atoms with Gasteiger partial charge in [0.1, 0.15) is 24.6 Å². The van der Waals surface area contributed by atoms with Gasteiger partial charge in [0.05, 0.1) is 18.8 Å². The molecule has 0 bridgehead atoms. The fourth-order valence-electron chi connectivity index (χ4n) is 5.38. The molecule has 212 valence electrons. The number of benzene rings is 2. The fourth-order valence-corrected chi connectivity index (χ4v) is 5.38. The second-order valence-corrected chi connectivity index (χ2v) is 10.7. The molecule has 3 atom stereocenters. The summed E-state index contributed by atoms with van der Waals surface area (Å²) in [5.41, 5.74) is 1.91. The Hall–Kier alpha value is -3.86. The zero-order chi connectivity index (χ0) is 28.2. The summed E-state index contributed by atoms with van der Waals surface area (Å²) in [5.74, 6) is -0.570. The van der Waals surface area contributed by atoms with Gasteiger partial charge in [0.15, 0.2) is 5.82 Å². The zero-order valence-corrected chi connectivity index (χ0v) is 22.8. The summed E-state index contributed by atoms with van der Waals surface area (Å²) in [6.07, 6.45) is 0.260. The van der Waals surface area contributed by atoms with Crippen LogP contribution in [0.3, 0.4) is 0 Å². The van der Waals surface area contributed by atoms with Crippen LogP contribution in [0.2, 0.25) is 0 Å². The summed E-state index contributed by atoms with van der Waals surface area (Å²) in [7, 11) is 0. The lowest BCUT2D eigenvalue weighted by molar-refractivity contribution is -0.139. The molecule has 0 saturated carbocycles. The Balaban J connectivity index is 1.32. The zero-order valence-electron chi connectivity index (χ0n) is 22.8. The molecule has 2 N–H and O–H groups in total. The van der Waals surface area contributed by atoms with Crippen molar-refractivity contribution >= 4 is 17.6 Å². The van der Waals surface area contributed by atoms with Crippen molar-refractivity contribution in [3.8, 4) is 0 Å². The average molecular weight is 552 g/mol. The molecular weight excluding hydrogens is 516 g/mol. The van der Waals surface area contributed by atoms with Crippen LogP contribution in [-0.4, -0.2) is 76.6 Å². The van der Waals surface area contributed by atoms with Gasteiger partial charge >= 0.3 is 0 Å². The number of rotatable bonds is 8. The van der Waals surface area contributed by atoms with Gasteiger partial charge in [0.2, 0.25) is 11.8 Å². The molecule has 5 rings (SSSR count). The van der Waals surface area contributed by atoms with Gasteiger partial charge in [-0.2, -0.15) is 0 Å². The lowest BCUT2D eigenvalue weighted by Crippen LogP contribution is -2.48. The summed E-state index contributed by atoms with van der Waals surface area (Å²) in [4.78, 5) is 30.2. The van der Waals surface area contributed by atoms with Gasteiger partial charge in [-0.25, -0.2) is 13.5 Å². The number of piperazine rings is 1. The van der Waals surface area contributed by atoms with Crippen LogP contribution in [0.4, 0.5) is 14.6 Å². The van der Waals surface area contributed by atoms with E-state index >= 15 is 0 Å². The van der Waals surface area contributed by atoms with E-state index in [2.05, 4.69) is 25.8 Å². The number of nitrogens with one attached hydrogen (secondary N) is 2. The van der Waals surface area contributed by atoms with Crippen molar-refractivity contribution in [2.75, 3.05) is 37.6 Å². The minimum absolute atomic E-state index is 0.0105. The van der Waals surface area contributed by atoms with Crippen LogP contribution in [0.25, 0.3) is 0 Å². The first-order chi connectivity index (χ1) is 19.3. The molecule has 40 heavy (non-hydrogen) atoms. The minimum Gasteiger partial charge on any atom is -0.351 e. The molecule has 2 aliphatic heterocycles. The lowest BCUT2D eigenvalue weighted by atomic mass is 9.94. The maximum absolute atomic E-state index is 14.9. The summed E-state index contributed by atoms with van der Waals surface area (Å²) < 4.78 is 31.0. The lowest BCUT2D eigenvalue weighted by Gasteiger charge is -2.27. The number of alkyl halides is 1. The van der Waals surface area contributed by atoms with Crippen LogP contribution < -0.4 is 15.5 Å². The number of hydrogen-bond donors (Lipinski definition) is 2. The molecule has 3 unspecified atom stereocenters. The first-order valence-corrected chi connectivity index (χ1v) is 13.7. The molecule has 9 nitrogen and oxygen atoms in total.